The van der Waals surface area contributed by atoms with Crippen molar-refractivity contribution in [3.63, 3.8) is 0 Å². The van der Waals surface area contributed by atoms with Gasteiger partial charge in [-0.15, -0.1) is 0 Å². The third kappa shape index (κ3) is 3.78. The molecule has 4 rings (SSSR count). The molecule has 1 aromatic heterocycles. The zero-order chi connectivity index (χ0) is 21.5. The van der Waals surface area contributed by atoms with Crippen LogP contribution in [-0.4, -0.2) is 46.2 Å². The van der Waals surface area contributed by atoms with E-state index in [0.29, 0.717) is 22.8 Å². The number of carbonyl (C=O) groups is 2. The van der Waals surface area contributed by atoms with E-state index in [1.165, 1.54) is 17.0 Å². The normalized spacial score (nSPS) is 14.7. The van der Waals surface area contributed by atoms with Crippen LogP contribution in [-0.2, 0) is 11.2 Å². The second kappa shape index (κ2) is 7.33. The van der Waals surface area contributed by atoms with Gasteiger partial charge >= 0.3 is 12.2 Å². The lowest BCUT2D eigenvalue weighted by molar-refractivity contribution is -0.127. The maximum absolute atomic E-state index is 12.6. The van der Waals surface area contributed by atoms with Crippen LogP contribution in [0.5, 0.6) is 0 Å². The van der Waals surface area contributed by atoms with Gasteiger partial charge in [0.2, 0.25) is 0 Å². The Morgan fingerprint density at radius 2 is 1.73 bits per heavy atom. The maximum atomic E-state index is 12.6. The van der Waals surface area contributed by atoms with Gasteiger partial charge in [-0.05, 0) is 23.8 Å². The van der Waals surface area contributed by atoms with Gasteiger partial charge in [0, 0.05) is 30.7 Å². The lowest BCUT2D eigenvalue weighted by Crippen LogP contribution is -2.31. The number of hydrogen-bond acceptors (Lipinski definition) is 3. The third-order valence-electron chi connectivity index (χ3n) is 4.76. The molecule has 0 spiro atoms. The van der Waals surface area contributed by atoms with Crippen LogP contribution in [0.3, 0.4) is 0 Å². The van der Waals surface area contributed by atoms with E-state index in [-0.39, 0.29) is 18.0 Å². The molecule has 1 aliphatic heterocycles. The molecule has 3 aromatic rings. The highest BCUT2D eigenvalue weighted by Crippen LogP contribution is 2.28. The van der Waals surface area contributed by atoms with Gasteiger partial charge < -0.3 is 4.90 Å². The number of benzene rings is 2. The molecule has 2 heterocycles. The maximum Gasteiger partial charge on any atom is 0.393 e. The predicted octanol–water partition coefficient (Wildman–Crippen LogP) is 4.04. The van der Waals surface area contributed by atoms with Crippen molar-refractivity contribution in [2.45, 2.75) is 12.6 Å². The molecule has 1 fully saturated rings. The summed E-state index contributed by atoms with van der Waals surface area (Å²) < 4.78 is 39.5. The van der Waals surface area contributed by atoms with Crippen LogP contribution >= 0.6 is 0 Å². The summed E-state index contributed by atoms with van der Waals surface area (Å²) in [6, 6.07) is 12.5. The molecular weight excluding hydrogens is 397 g/mol. The van der Waals surface area contributed by atoms with Crippen molar-refractivity contribution in [2.75, 3.05) is 18.5 Å². The Bertz CT molecular complexity index is 1110. The van der Waals surface area contributed by atoms with E-state index in [9.17, 15) is 22.8 Å². The van der Waals surface area contributed by atoms with E-state index >= 15 is 0 Å². The smallest absolute Gasteiger partial charge is 0.318 e. The highest BCUT2D eigenvalue weighted by molar-refractivity contribution is 6.19. The fourth-order valence-electron chi connectivity index (χ4n) is 3.38. The fourth-order valence-corrected chi connectivity index (χ4v) is 3.38. The number of anilines is 1. The van der Waals surface area contributed by atoms with Gasteiger partial charge in [0.1, 0.15) is 12.4 Å². The molecule has 3 amide bonds. The minimum atomic E-state index is -4.26. The Hall–Kier alpha value is -3.62. The number of alkyl halides is 3. The minimum Gasteiger partial charge on any atom is -0.318 e. The zero-order valence-corrected chi connectivity index (χ0v) is 15.9. The molecule has 0 bridgehead atoms. The predicted molar refractivity (Wildman–Crippen MR) is 104 cm³/mol. The van der Waals surface area contributed by atoms with Crippen molar-refractivity contribution in [1.29, 1.82) is 0 Å². The number of hydrogen-bond donors (Lipinski definition) is 0. The Balaban J connectivity index is 1.66. The summed E-state index contributed by atoms with van der Waals surface area (Å²) in [5.41, 5.74) is 1.91. The summed E-state index contributed by atoms with van der Waals surface area (Å²) in [6.07, 6.45) is -1.97. The van der Waals surface area contributed by atoms with Crippen molar-refractivity contribution in [1.82, 2.24) is 14.5 Å². The molecule has 9 heteroatoms. The molecule has 154 valence electrons. The molecule has 0 aliphatic carbocycles. The average Bonchev–Trinajstić information content (AvgIpc) is 3.26. The van der Waals surface area contributed by atoms with Gasteiger partial charge in [0.05, 0.1) is 12.1 Å². The molecule has 0 unspecified atom stereocenters. The Morgan fingerprint density at radius 1 is 1.03 bits per heavy atom. The Labute approximate surface area is 170 Å². The van der Waals surface area contributed by atoms with Crippen LogP contribution < -0.4 is 4.90 Å². The van der Waals surface area contributed by atoms with Crippen molar-refractivity contribution >= 4 is 17.6 Å². The number of imide groups is 1. The largest absolute Gasteiger partial charge is 0.393 e. The van der Waals surface area contributed by atoms with Crippen molar-refractivity contribution in [2.24, 2.45) is 0 Å². The minimum absolute atomic E-state index is 0.0175. The number of halogens is 3. The molecular formula is C21H17F3N4O2. The summed E-state index contributed by atoms with van der Waals surface area (Å²) in [4.78, 5) is 31.2. The second-order valence-electron chi connectivity index (χ2n) is 7.00. The first kappa shape index (κ1) is 19.7. The highest BCUT2D eigenvalue weighted by atomic mass is 19.4. The van der Waals surface area contributed by atoms with E-state index < -0.39 is 18.6 Å². The van der Waals surface area contributed by atoms with Gasteiger partial charge in [0.15, 0.2) is 0 Å². The topological polar surface area (TPSA) is 58.4 Å². The van der Waals surface area contributed by atoms with Crippen LogP contribution in [0.1, 0.15) is 5.56 Å². The average molecular weight is 414 g/mol. The number of rotatable bonds is 4. The molecule has 30 heavy (non-hydrogen) atoms. The van der Waals surface area contributed by atoms with E-state index in [0.717, 1.165) is 4.90 Å². The van der Waals surface area contributed by atoms with E-state index in [1.54, 1.807) is 60.4 Å². The number of urea groups is 1. The standard InChI is InChI=1S/C21H17F3N4O2/c1-26-13-18(29)28(20(26)30)17-4-2-3-16(11-17)27-10-9-25-19(27)15-7-5-14(6-8-15)12-21(22,23)24/h2-11H,12-13H2,1H3. The van der Waals surface area contributed by atoms with Crippen LogP contribution in [0.25, 0.3) is 17.1 Å². The first-order chi connectivity index (χ1) is 14.2. The summed E-state index contributed by atoms with van der Waals surface area (Å²) in [6.45, 7) is 0.0175. The summed E-state index contributed by atoms with van der Waals surface area (Å²) in [5.74, 6) is 0.215. The zero-order valence-electron chi connectivity index (χ0n) is 15.9. The first-order valence-electron chi connectivity index (χ1n) is 9.11. The van der Waals surface area contributed by atoms with Gasteiger partial charge in [-0.3, -0.25) is 9.36 Å². The van der Waals surface area contributed by atoms with Crippen LogP contribution in [0.15, 0.2) is 60.9 Å². The molecule has 1 saturated heterocycles. The summed E-state index contributed by atoms with van der Waals surface area (Å²) >= 11 is 0. The summed E-state index contributed by atoms with van der Waals surface area (Å²) in [7, 11) is 1.56. The van der Waals surface area contributed by atoms with Gasteiger partial charge in [-0.1, -0.05) is 30.3 Å². The second-order valence-corrected chi connectivity index (χ2v) is 7.00. The van der Waals surface area contributed by atoms with Crippen LogP contribution in [0, 0.1) is 0 Å². The van der Waals surface area contributed by atoms with Gasteiger partial charge in [0.25, 0.3) is 5.91 Å². The van der Waals surface area contributed by atoms with Crippen LogP contribution in [0.4, 0.5) is 23.7 Å². The Kier molecular flexibility index (Phi) is 4.81. The first-order valence-corrected chi connectivity index (χ1v) is 9.11. The Morgan fingerprint density at radius 3 is 2.37 bits per heavy atom. The molecule has 0 saturated carbocycles. The number of likely N-dealkylation sites (N-methyl/N-ethyl adjacent to an activating group) is 1. The monoisotopic (exact) mass is 414 g/mol. The van der Waals surface area contributed by atoms with Gasteiger partial charge in [-0.25, -0.2) is 14.7 Å². The fraction of sp³-hybridized carbons (Fsp3) is 0.190. The van der Waals surface area contributed by atoms with E-state index in [1.807, 2.05) is 0 Å². The highest BCUT2D eigenvalue weighted by Gasteiger charge is 2.35. The molecule has 0 N–H and O–H groups in total. The number of aromatic nitrogens is 2. The quantitative estimate of drug-likeness (QED) is 0.606. The van der Waals surface area contributed by atoms with E-state index in [4.69, 9.17) is 0 Å². The number of carbonyl (C=O) groups excluding carboxylic acids is 2. The molecule has 0 atom stereocenters. The molecule has 6 nitrogen and oxygen atoms in total. The van der Waals surface area contributed by atoms with Crippen molar-refractivity contribution < 1.29 is 22.8 Å². The molecule has 0 radical (unpaired) electrons. The van der Waals surface area contributed by atoms with Gasteiger partial charge in [-0.2, -0.15) is 13.2 Å². The number of amides is 3. The molecule has 2 aromatic carbocycles. The lowest BCUT2D eigenvalue weighted by Gasteiger charge is -2.16. The summed E-state index contributed by atoms with van der Waals surface area (Å²) in [5, 5.41) is 0. The van der Waals surface area contributed by atoms with Crippen molar-refractivity contribution in [3.8, 4) is 17.1 Å². The SMILES string of the molecule is CN1CC(=O)N(c2cccc(-n3ccnc3-c3ccc(CC(F)(F)F)cc3)c2)C1=O. The lowest BCUT2D eigenvalue weighted by atomic mass is 10.1. The van der Waals surface area contributed by atoms with E-state index in [2.05, 4.69) is 4.98 Å². The van der Waals surface area contributed by atoms with Crippen LogP contribution in [0.2, 0.25) is 0 Å². The number of imidazole rings is 1. The molecule has 1 aliphatic rings. The third-order valence-corrected chi connectivity index (χ3v) is 4.76. The van der Waals surface area contributed by atoms with Crippen molar-refractivity contribution in [3.05, 3.63) is 66.5 Å². The number of nitrogens with zero attached hydrogens (tertiary/aromatic N) is 4.